The smallest absolute Gasteiger partial charge is 0.272 e. The van der Waals surface area contributed by atoms with Gasteiger partial charge in [-0.2, -0.15) is 0 Å². The van der Waals surface area contributed by atoms with E-state index in [0.29, 0.717) is 11.3 Å². The van der Waals surface area contributed by atoms with Gasteiger partial charge >= 0.3 is 0 Å². The maximum atomic E-state index is 13.4. The fourth-order valence-corrected chi connectivity index (χ4v) is 1.66. The van der Waals surface area contributed by atoms with Crippen molar-refractivity contribution >= 4 is 11.8 Å². The zero-order valence-electron chi connectivity index (χ0n) is 11.2. The largest absolute Gasteiger partial charge is 0.497 e. The SMILES string of the molecule is COc1cccc(C(=O)NNC(=O)c2ccccc2F)c1. The first kappa shape index (κ1) is 14.5. The molecule has 0 heterocycles. The van der Waals surface area contributed by atoms with Gasteiger partial charge in [-0.15, -0.1) is 0 Å². The molecule has 0 spiro atoms. The van der Waals surface area contributed by atoms with E-state index >= 15 is 0 Å². The Morgan fingerprint density at radius 3 is 2.43 bits per heavy atom. The van der Waals surface area contributed by atoms with Crippen LogP contribution in [0.4, 0.5) is 4.39 Å². The van der Waals surface area contributed by atoms with Gasteiger partial charge in [0.05, 0.1) is 12.7 Å². The lowest BCUT2D eigenvalue weighted by Gasteiger charge is -2.08. The molecule has 0 aliphatic heterocycles. The van der Waals surface area contributed by atoms with Crippen molar-refractivity contribution in [3.05, 3.63) is 65.5 Å². The topological polar surface area (TPSA) is 67.4 Å². The number of hydrogen-bond acceptors (Lipinski definition) is 3. The van der Waals surface area contributed by atoms with Gasteiger partial charge in [0, 0.05) is 5.56 Å². The van der Waals surface area contributed by atoms with Crippen LogP contribution in [0.25, 0.3) is 0 Å². The number of amides is 2. The quantitative estimate of drug-likeness (QED) is 0.848. The second-order valence-corrected chi connectivity index (χ2v) is 4.12. The zero-order valence-corrected chi connectivity index (χ0v) is 11.2. The van der Waals surface area contributed by atoms with Crippen molar-refractivity contribution in [3.8, 4) is 5.75 Å². The second kappa shape index (κ2) is 6.51. The van der Waals surface area contributed by atoms with E-state index in [1.165, 1.54) is 37.4 Å². The zero-order chi connectivity index (χ0) is 15.2. The van der Waals surface area contributed by atoms with Gasteiger partial charge in [0.25, 0.3) is 11.8 Å². The molecule has 0 saturated heterocycles. The Morgan fingerprint density at radius 2 is 1.71 bits per heavy atom. The van der Waals surface area contributed by atoms with E-state index in [1.54, 1.807) is 18.2 Å². The molecule has 2 N–H and O–H groups in total. The van der Waals surface area contributed by atoms with E-state index in [1.807, 2.05) is 0 Å². The summed E-state index contributed by atoms with van der Waals surface area (Å²) in [6, 6.07) is 11.9. The molecule has 2 rings (SSSR count). The standard InChI is InChI=1S/C15H13FN2O3/c1-21-11-6-4-5-10(9-11)14(19)17-18-15(20)12-7-2-3-8-13(12)16/h2-9H,1H3,(H,17,19)(H,18,20). The number of benzene rings is 2. The van der Waals surface area contributed by atoms with E-state index in [2.05, 4.69) is 10.9 Å². The highest BCUT2D eigenvalue weighted by Crippen LogP contribution is 2.12. The van der Waals surface area contributed by atoms with Gasteiger partial charge in [0.15, 0.2) is 0 Å². The number of nitrogens with one attached hydrogen (secondary N) is 2. The van der Waals surface area contributed by atoms with Gasteiger partial charge in [0.1, 0.15) is 11.6 Å². The summed E-state index contributed by atoms with van der Waals surface area (Å²) in [6.07, 6.45) is 0. The number of carbonyl (C=O) groups excluding carboxylic acids is 2. The average Bonchev–Trinajstić information content (AvgIpc) is 2.52. The number of halogens is 1. The predicted octanol–water partition coefficient (Wildman–Crippen LogP) is 1.91. The Morgan fingerprint density at radius 1 is 1.00 bits per heavy atom. The molecule has 2 aromatic rings. The molecule has 0 radical (unpaired) electrons. The number of methoxy groups -OCH3 is 1. The van der Waals surface area contributed by atoms with E-state index in [-0.39, 0.29) is 5.56 Å². The molecule has 0 unspecified atom stereocenters. The highest BCUT2D eigenvalue weighted by molar-refractivity contribution is 5.99. The molecular formula is C15H13FN2O3. The number of carbonyl (C=O) groups is 2. The molecule has 2 aromatic carbocycles. The highest BCUT2D eigenvalue weighted by atomic mass is 19.1. The Hall–Kier alpha value is -2.89. The lowest BCUT2D eigenvalue weighted by molar-refractivity contribution is 0.0844. The van der Waals surface area contributed by atoms with Crippen LogP contribution in [0.15, 0.2) is 48.5 Å². The van der Waals surface area contributed by atoms with Crippen LogP contribution in [0.1, 0.15) is 20.7 Å². The summed E-state index contributed by atoms with van der Waals surface area (Å²) in [6.45, 7) is 0. The molecule has 5 nitrogen and oxygen atoms in total. The molecule has 108 valence electrons. The van der Waals surface area contributed by atoms with E-state index in [9.17, 15) is 14.0 Å². The van der Waals surface area contributed by atoms with Crippen molar-refractivity contribution in [2.45, 2.75) is 0 Å². The monoisotopic (exact) mass is 288 g/mol. The maximum absolute atomic E-state index is 13.4. The summed E-state index contributed by atoms with van der Waals surface area (Å²) in [4.78, 5) is 23.6. The summed E-state index contributed by atoms with van der Waals surface area (Å²) in [5, 5.41) is 0. The lowest BCUT2D eigenvalue weighted by atomic mass is 10.2. The first-order chi connectivity index (χ1) is 10.1. The molecule has 0 aromatic heterocycles. The normalized spacial score (nSPS) is 9.81. The predicted molar refractivity (Wildman–Crippen MR) is 74.3 cm³/mol. The maximum Gasteiger partial charge on any atom is 0.272 e. The Balaban J connectivity index is 2.01. The van der Waals surface area contributed by atoms with Gasteiger partial charge in [-0.1, -0.05) is 18.2 Å². The average molecular weight is 288 g/mol. The highest BCUT2D eigenvalue weighted by Gasteiger charge is 2.12. The summed E-state index contributed by atoms with van der Waals surface area (Å²) >= 11 is 0. The number of ether oxygens (including phenoxy) is 1. The molecule has 0 aliphatic carbocycles. The Bertz CT molecular complexity index is 673. The molecule has 21 heavy (non-hydrogen) atoms. The van der Waals surface area contributed by atoms with Crippen molar-refractivity contribution in [3.63, 3.8) is 0 Å². The van der Waals surface area contributed by atoms with Crippen LogP contribution in [0.2, 0.25) is 0 Å². The van der Waals surface area contributed by atoms with Crippen LogP contribution in [0, 0.1) is 5.82 Å². The van der Waals surface area contributed by atoms with Gasteiger partial charge in [-0.3, -0.25) is 20.4 Å². The molecule has 0 aliphatic rings. The second-order valence-electron chi connectivity index (χ2n) is 4.12. The van der Waals surface area contributed by atoms with Crippen LogP contribution in [-0.2, 0) is 0 Å². The minimum Gasteiger partial charge on any atom is -0.497 e. The molecule has 0 saturated carbocycles. The molecule has 0 atom stereocenters. The molecular weight excluding hydrogens is 275 g/mol. The minimum atomic E-state index is -0.732. The first-order valence-electron chi connectivity index (χ1n) is 6.11. The Kier molecular flexibility index (Phi) is 4.50. The van der Waals surface area contributed by atoms with E-state index in [4.69, 9.17) is 4.74 Å². The summed E-state index contributed by atoms with van der Waals surface area (Å²) in [7, 11) is 1.48. The molecule has 6 heteroatoms. The van der Waals surface area contributed by atoms with Crippen LogP contribution in [-0.4, -0.2) is 18.9 Å². The third kappa shape index (κ3) is 3.56. The summed E-state index contributed by atoms with van der Waals surface area (Å²) < 4.78 is 18.4. The third-order valence-electron chi connectivity index (χ3n) is 2.74. The van der Waals surface area contributed by atoms with Crippen LogP contribution in [0.3, 0.4) is 0 Å². The van der Waals surface area contributed by atoms with Crippen LogP contribution < -0.4 is 15.6 Å². The van der Waals surface area contributed by atoms with Crippen molar-refractivity contribution in [2.75, 3.05) is 7.11 Å². The first-order valence-corrected chi connectivity index (χ1v) is 6.11. The minimum absolute atomic E-state index is 0.150. The van der Waals surface area contributed by atoms with E-state index in [0.717, 1.165) is 0 Å². The molecule has 0 bridgehead atoms. The summed E-state index contributed by atoms with van der Waals surface area (Å²) in [5.41, 5.74) is 4.53. The van der Waals surface area contributed by atoms with Crippen molar-refractivity contribution in [1.29, 1.82) is 0 Å². The van der Waals surface area contributed by atoms with Crippen molar-refractivity contribution in [2.24, 2.45) is 0 Å². The van der Waals surface area contributed by atoms with Gasteiger partial charge in [0.2, 0.25) is 0 Å². The summed E-state index contributed by atoms with van der Waals surface area (Å²) in [5.74, 6) is -1.41. The number of hydrogen-bond donors (Lipinski definition) is 2. The molecule has 0 fully saturated rings. The van der Waals surface area contributed by atoms with Gasteiger partial charge < -0.3 is 4.74 Å². The fraction of sp³-hybridized carbons (Fsp3) is 0.0667. The number of rotatable bonds is 3. The van der Waals surface area contributed by atoms with E-state index < -0.39 is 17.6 Å². The Labute approximate surface area is 120 Å². The van der Waals surface area contributed by atoms with Crippen molar-refractivity contribution in [1.82, 2.24) is 10.9 Å². The fourth-order valence-electron chi connectivity index (χ4n) is 1.66. The van der Waals surface area contributed by atoms with Gasteiger partial charge in [-0.05, 0) is 30.3 Å². The third-order valence-corrected chi connectivity index (χ3v) is 2.74. The number of hydrazine groups is 1. The van der Waals surface area contributed by atoms with Crippen molar-refractivity contribution < 1.29 is 18.7 Å². The van der Waals surface area contributed by atoms with Crippen LogP contribution in [0.5, 0.6) is 5.75 Å². The lowest BCUT2D eigenvalue weighted by Crippen LogP contribution is -2.41. The van der Waals surface area contributed by atoms with Gasteiger partial charge in [-0.25, -0.2) is 4.39 Å². The van der Waals surface area contributed by atoms with Crippen LogP contribution >= 0.6 is 0 Å². The molecule has 2 amide bonds.